The Hall–Kier alpha value is -2.43. The molecular weight excluding hydrogens is 214 g/mol. The maximum atomic E-state index is 3.88. The first-order chi connectivity index (χ1) is 8.42. The molecule has 84 valence electrons. The number of fused-ring (bicyclic) bond motifs is 1. The van der Waals surface area contributed by atoms with E-state index in [1.807, 2.05) is 18.2 Å². The smallest absolute Gasteiger partial charge is 0.193 e. The molecule has 5 heteroatoms. The largest absolute Gasteiger partial charge is 0.378 e. The van der Waals surface area contributed by atoms with Crippen LogP contribution in [0.15, 0.2) is 42.5 Å². The van der Waals surface area contributed by atoms with E-state index in [-0.39, 0.29) is 0 Å². The van der Waals surface area contributed by atoms with Crippen LogP contribution >= 0.6 is 0 Å². The van der Waals surface area contributed by atoms with Gasteiger partial charge in [-0.2, -0.15) is 5.21 Å². The van der Waals surface area contributed by atoms with Crippen molar-refractivity contribution in [3.05, 3.63) is 48.3 Å². The Morgan fingerprint density at radius 3 is 2.76 bits per heavy atom. The maximum absolute atomic E-state index is 3.88. The van der Waals surface area contributed by atoms with Gasteiger partial charge in [0.15, 0.2) is 5.82 Å². The topological polar surface area (TPSA) is 66.5 Å². The van der Waals surface area contributed by atoms with Crippen molar-refractivity contribution in [3.63, 3.8) is 0 Å². The Bertz CT molecular complexity index is 618. The number of H-pyrrole nitrogens is 1. The SMILES string of the molecule is c1ccc2cc(NCc3nn[nH]n3)ccc2c1. The lowest BCUT2D eigenvalue weighted by Gasteiger charge is -2.05. The Kier molecular flexibility index (Phi) is 2.42. The monoisotopic (exact) mass is 225 g/mol. The van der Waals surface area contributed by atoms with Gasteiger partial charge in [0.25, 0.3) is 0 Å². The minimum Gasteiger partial charge on any atom is -0.378 e. The van der Waals surface area contributed by atoms with Crippen molar-refractivity contribution in [3.8, 4) is 0 Å². The number of tetrazole rings is 1. The van der Waals surface area contributed by atoms with Crippen molar-refractivity contribution in [2.24, 2.45) is 0 Å². The van der Waals surface area contributed by atoms with Crippen LogP contribution in [0.3, 0.4) is 0 Å². The fraction of sp³-hybridized carbons (Fsp3) is 0.0833. The number of nitrogens with one attached hydrogen (secondary N) is 2. The van der Waals surface area contributed by atoms with Crippen LogP contribution in [0.25, 0.3) is 10.8 Å². The molecule has 0 atom stereocenters. The van der Waals surface area contributed by atoms with Crippen molar-refractivity contribution in [1.29, 1.82) is 0 Å². The number of hydrogen-bond donors (Lipinski definition) is 2. The van der Waals surface area contributed by atoms with E-state index < -0.39 is 0 Å². The van der Waals surface area contributed by atoms with Gasteiger partial charge in [-0.15, -0.1) is 10.2 Å². The number of aromatic amines is 1. The van der Waals surface area contributed by atoms with Gasteiger partial charge in [-0.3, -0.25) is 0 Å². The van der Waals surface area contributed by atoms with Crippen LogP contribution in [-0.2, 0) is 6.54 Å². The molecule has 3 aromatic rings. The molecule has 0 unspecified atom stereocenters. The van der Waals surface area contributed by atoms with Crippen molar-refractivity contribution in [2.75, 3.05) is 5.32 Å². The number of aromatic nitrogens is 4. The number of anilines is 1. The summed E-state index contributed by atoms with van der Waals surface area (Å²) in [5, 5.41) is 19.4. The van der Waals surface area contributed by atoms with E-state index in [9.17, 15) is 0 Å². The summed E-state index contributed by atoms with van der Waals surface area (Å²) in [5.41, 5.74) is 1.05. The van der Waals surface area contributed by atoms with Crippen LogP contribution in [-0.4, -0.2) is 20.6 Å². The number of hydrogen-bond acceptors (Lipinski definition) is 4. The van der Waals surface area contributed by atoms with Gasteiger partial charge >= 0.3 is 0 Å². The third-order valence-electron chi connectivity index (χ3n) is 2.59. The molecule has 17 heavy (non-hydrogen) atoms. The summed E-state index contributed by atoms with van der Waals surface area (Å²) >= 11 is 0. The highest BCUT2D eigenvalue weighted by Crippen LogP contribution is 2.18. The third-order valence-corrected chi connectivity index (χ3v) is 2.59. The third kappa shape index (κ3) is 2.08. The van der Waals surface area contributed by atoms with E-state index in [0.29, 0.717) is 12.4 Å². The molecule has 0 bridgehead atoms. The van der Waals surface area contributed by atoms with Crippen LogP contribution in [0.5, 0.6) is 0 Å². The van der Waals surface area contributed by atoms with Gasteiger partial charge in [0.2, 0.25) is 0 Å². The molecule has 0 aliphatic carbocycles. The van der Waals surface area contributed by atoms with Crippen LogP contribution < -0.4 is 5.32 Å². The summed E-state index contributed by atoms with van der Waals surface area (Å²) < 4.78 is 0. The zero-order chi connectivity index (χ0) is 11.5. The quantitative estimate of drug-likeness (QED) is 0.715. The van der Waals surface area contributed by atoms with E-state index in [1.54, 1.807) is 0 Å². The second-order valence-electron chi connectivity index (χ2n) is 3.74. The Morgan fingerprint density at radius 2 is 1.94 bits per heavy atom. The second kappa shape index (κ2) is 4.21. The fourth-order valence-corrected chi connectivity index (χ4v) is 1.74. The van der Waals surface area contributed by atoms with Crippen molar-refractivity contribution < 1.29 is 0 Å². The van der Waals surface area contributed by atoms with Crippen molar-refractivity contribution >= 4 is 16.5 Å². The van der Waals surface area contributed by atoms with Crippen LogP contribution in [0, 0.1) is 0 Å². The highest BCUT2D eigenvalue weighted by atomic mass is 15.5. The Morgan fingerprint density at radius 1 is 1.06 bits per heavy atom. The molecule has 0 fully saturated rings. The van der Waals surface area contributed by atoms with Crippen LogP contribution in [0.4, 0.5) is 5.69 Å². The van der Waals surface area contributed by atoms with E-state index >= 15 is 0 Å². The minimum absolute atomic E-state index is 0.564. The zero-order valence-electron chi connectivity index (χ0n) is 9.09. The first-order valence-electron chi connectivity index (χ1n) is 5.37. The number of rotatable bonds is 3. The van der Waals surface area contributed by atoms with Crippen molar-refractivity contribution in [1.82, 2.24) is 20.6 Å². The summed E-state index contributed by atoms with van der Waals surface area (Å²) in [6, 6.07) is 14.5. The van der Waals surface area contributed by atoms with Crippen molar-refractivity contribution in [2.45, 2.75) is 6.54 Å². The van der Waals surface area contributed by atoms with Crippen LogP contribution in [0.1, 0.15) is 5.82 Å². The molecule has 0 saturated heterocycles. The van der Waals surface area contributed by atoms with Gasteiger partial charge in [-0.05, 0) is 22.9 Å². The Labute approximate surface area is 97.9 Å². The fourth-order valence-electron chi connectivity index (χ4n) is 1.74. The predicted molar refractivity (Wildman–Crippen MR) is 65.5 cm³/mol. The van der Waals surface area contributed by atoms with Gasteiger partial charge in [0.05, 0.1) is 6.54 Å². The van der Waals surface area contributed by atoms with E-state index in [2.05, 4.69) is 50.2 Å². The highest BCUT2D eigenvalue weighted by Gasteiger charge is 1.99. The van der Waals surface area contributed by atoms with E-state index in [4.69, 9.17) is 0 Å². The average molecular weight is 225 g/mol. The lowest BCUT2D eigenvalue weighted by atomic mass is 10.1. The zero-order valence-corrected chi connectivity index (χ0v) is 9.09. The second-order valence-corrected chi connectivity index (χ2v) is 3.74. The van der Waals surface area contributed by atoms with Gasteiger partial charge in [-0.25, -0.2) is 0 Å². The molecule has 0 aliphatic heterocycles. The standard InChI is InChI=1S/C12H11N5/c1-2-4-10-7-11(6-5-9(10)3-1)13-8-12-14-16-17-15-12/h1-7,13H,8H2,(H,14,15,16,17). The molecule has 2 N–H and O–H groups in total. The molecule has 0 spiro atoms. The van der Waals surface area contributed by atoms with Gasteiger partial charge < -0.3 is 5.32 Å². The predicted octanol–water partition coefficient (Wildman–Crippen LogP) is 1.96. The molecule has 0 aliphatic rings. The van der Waals surface area contributed by atoms with Gasteiger partial charge in [0.1, 0.15) is 0 Å². The molecule has 3 rings (SSSR count). The van der Waals surface area contributed by atoms with E-state index in [1.165, 1.54) is 10.8 Å². The molecule has 0 radical (unpaired) electrons. The first-order valence-corrected chi connectivity index (χ1v) is 5.37. The average Bonchev–Trinajstić information content (AvgIpc) is 2.89. The Balaban J connectivity index is 1.81. The summed E-state index contributed by atoms with van der Waals surface area (Å²) in [5.74, 6) is 0.651. The lowest BCUT2D eigenvalue weighted by Crippen LogP contribution is -2.01. The minimum atomic E-state index is 0.564. The summed E-state index contributed by atoms with van der Waals surface area (Å²) in [4.78, 5) is 0. The number of nitrogens with zero attached hydrogens (tertiary/aromatic N) is 3. The molecule has 1 aromatic heterocycles. The molecule has 1 heterocycles. The van der Waals surface area contributed by atoms with E-state index in [0.717, 1.165) is 5.69 Å². The van der Waals surface area contributed by atoms with Crippen LogP contribution in [0.2, 0.25) is 0 Å². The van der Waals surface area contributed by atoms with Gasteiger partial charge in [-0.1, -0.05) is 35.5 Å². The summed E-state index contributed by atoms with van der Waals surface area (Å²) in [6.45, 7) is 0.564. The van der Waals surface area contributed by atoms with Gasteiger partial charge in [0, 0.05) is 5.69 Å². The lowest BCUT2D eigenvalue weighted by molar-refractivity contribution is 0.881. The number of benzene rings is 2. The summed E-state index contributed by atoms with van der Waals surface area (Å²) in [6.07, 6.45) is 0. The molecular formula is C12H11N5. The molecule has 0 amide bonds. The first kappa shape index (κ1) is 9.77. The maximum Gasteiger partial charge on any atom is 0.193 e. The molecule has 0 saturated carbocycles. The normalized spacial score (nSPS) is 10.6. The summed E-state index contributed by atoms with van der Waals surface area (Å²) in [7, 11) is 0. The molecule has 5 nitrogen and oxygen atoms in total. The molecule has 2 aromatic carbocycles. The highest BCUT2D eigenvalue weighted by molar-refractivity contribution is 5.85.